The molecule has 0 aliphatic rings. The molecule has 0 fully saturated rings. The monoisotopic (exact) mass is 1490 g/mol. The van der Waals surface area contributed by atoms with Gasteiger partial charge in [0.1, 0.15) is 46.0 Å². The summed E-state index contributed by atoms with van der Waals surface area (Å²) in [5.41, 5.74) is -8.69. The van der Waals surface area contributed by atoms with Crippen LogP contribution in [0.5, 0.6) is 46.0 Å². The van der Waals surface area contributed by atoms with Gasteiger partial charge in [0.2, 0.25) is 0 Å². The van der Waals surface area contributed by atoms with Gasteiger partial charge in [-0.25, -0.2) is 67.1 Å². The molecule has 0 heterocycles. The molecule has 552 valence electrons. The lowest BCUT2D eigenvalue weighted by atomic mass is 10.1. The van der Waals surface area contributed by atoms with Crippen LogP contribution >= 0.6 is 0 Å². The van der Waals surface area contributed by atoms with Crippen molar-refractivity contribution in [3.63, 3.8) is 0 Å². The number of non-ortho nitro benzene ring substituents is 1. The molecular formula is C74H49N3O32. The summed E-state index contributed by atoms with van der Waals surface area (Å²) in [4.78, 5) is 191. The first-order chi connectivity index (χ1) is 51.8. The van der Waals surface area contributed by atoms with E-state index in [2.05, 4.69) is 10.2 Å². The lowest BCUT2D eigenvalue weighted by Crippen LogP contribution is -2.17. The second kappa shape index (κ2) is 34.4. The van der Waals surface area contributed by atoms with Gasteiger partial charge in [-0.1, -0.05) is 0 Å². The van der Waals surface area contributed by atoms with Crippen LogP contribution in [0.15, 0.2) is 186 Å². The molecule has 0 saturated heterocycles. The third kappa shape index (κ3) is 21.2. The smallest absolute Gasteiger partial charge is 0.343 e. The number of carbonyl (C=O) groups excluding carboxylic acids is 6. The Bertz CT molecular complexity index is 4690. The zero-order valence-corrected chi connectivity index (χ0v) is 55.2. The number of azo groups is 1. The van der Waals surface area contributed by atoms with Crippen molar-refractivity contribution >= 4 is 101 Å². The van der Waals surface area contributed by atoms with Crippen LogP contribution in [-0.4, -0.2) is 143 Å². The van der Waals surface area contributed by atoms with Gasteiger partial charge >= 0.3 is 83.6 Å². The number of hydrogen-bond donors (Lipinski definition) is 8. The average molecular weight is 1490 g/mol. The highest BCUT2D eigenvalue weighted by molar-refractivity contribution is 6.04. The number of unbranched alkanes of at least 4 members (excludes halogenated alkanes) is 3. The second-order valence-corrected chi connectivity index (χ2v) is 22.6. The van der Waals surface area contributed by atoms with Crippen molar-refractivity contribution in [1.29, 1.82) is 0 Å². The maximum absolute atomic E-state index is 14.6. The summed E-state index contributed by atoms with van der Waals surface area (Å²) in [5.74, 6) is -26.0. The first-order valence-corrected chi connectivity index (χ1v) is 31.1. The number of nitrogens with zero attached hydrogens (tertiary/aromatic N) is 3. The topological polar surface area (TPSA) is 543 Å². The number of carbonyl (C=O) groups is 14. The molecule has 35 nitrogen and oxygen atoms in total. The zero-order valence-electron chi connectivity index (χ0n) is 55.2. The lowest BCUT2D eigenvalue weighted by molar-refractivity contribution is -0.384. The van der Waals surface area contributed by atoms with Crippen molar-refractivity contribution in [2.24, 2.45) is 10.2 Å². The molecular weight excluding hydrogens is 1440 g/mol. The van der Waals surface area contributed by atoms with Crippen LogP contribution < -0.4 is 37.9 Å². The van der Waals surface area contributed by atoms with E-state index in [1.165, 1.54) is 24.3 Å². The summed E-state index contributed by atoms with van der Waals surface area (Å²) in [6.45, 7) is 0.124. The molecule has 0 radical (unpaired) electrons. The van der Waals surface area contributed by atoms with Crippen LogP contribution in [-0.2, 0) is 0 Å². The predicted molar refractivity (Wildman–Crippen MR) is 364 cm³/mol. The van der Waals surface area contributed by atoms with Crippen molar-refractivity contribution in [3.8, 4) is 46.0 Å². The molecule has 0 aliphatic heterocycles. The number of nitro benzene ring substituents is 1. The van der Waals surface area contributed by atoms with Crippen LogP contribution in [0, 0.1) is 10.1 Å². The Morgan fingerprint density at radius 1 is 0.257 bits per heavy atom. The Morgan fingerprint density at radius 3 is 0.670 bits per heavy atom. The molecule has 0 spiro atoms. The molecule has 109 heavy (non-hydrogen) atoms. The zero-order chi connectivity index (χ0) is 78.9. The normalized spacial score (nSPS) is 10.7. The standard InChI is InChI=1S/C74H49N3O32/c78-61(79)36-15-37(62(80)81)23-55(22-36)104-71(96)46-20-47(72(97)105-56-24-38(63(82)83)16-39(25-56)64(84)85)33-59(32-46)108-69(94)44-19-45(31-54(30-44)103-14-4-2-1-3-13-102-53-11-7-51(8-12-53)76-75-50-5-9-52(10-6-50)77(100)101)70(95)109-60-34-48(73(98)106-57-26-40(65(86)87)17-41(27-57)66(88)89)21-49(35-60)74(99)107-58-28-42(67(90)91)18-43(29-58)68(92)93/h5-12,15-35H,1-4,13-14H2,(H,78,79)(H,80,81)(H,82,83)(H,84,85)(H,86,87)(H,88,89)(H,90,91)(H,92,93). The molecule has 9 aromatic carbocycles. The van der Waals surface area contributed by atoms with Crippen molar-refractivity contribution in [3.05, 3.63) is 264 Å². The minimum Gasteiger partial charge on any atom is -0.494 e. The number of aromatic carboxylic acids is 8. The highest BCUT2D eigenvalue weighted by Crippen LogP contribution is 2.31. The molecule has 0 aromatic heterocycles. The minimum absolute atomic E-state index is 0.112. The molecule has 0 amide bonds. The molecule has 8 N–H and O–H groups in total. The highest BCUT2D eigenvalue weighted by atomic mass is 16.6. The SMILES string of the molecule is O=C(O)c1cc(OC(=O)c2cc(OC(=O)c3cc(OCCCCCCOc4ccc(N=Nc5ccc([N+](=O)[O-])cc5)cc4)cc(C(=O)Oc4cc(C(=O)Oc5cc(C(=O)O)cc(C(=O)O)c5)cc(C(=O)Oc5cc(C(=O)O)cc(C(=O)O)c5)c4)c3)cc(C(=O)Oc3cc(C(=O)O)cc(C(=O)O)c3)c2)cc(C(=O)O)c1. The minimum atomic E-state index is -1.65. The molecule has 9 rings (SSSR count). The van der Waals surface area contributed by atoms with Crippen molar-refractivity contribution in [1.82, 2.24) is 0 Å². The van der Waals surface area contributed by atoms with Crippen LogP contribution in [0.2, 0.25) is 0 Å². The number of carboxylic acids is 8. The fraction of sp³-hybridized carbons (Fsp3) is 0.0811. The molecule has 0 saturated carbocycles. The summed E-state index contributed by atoms with van der Waals surface area (Å²) in [6.07, 6.45) is 1.88. The number of nitro groups is 1. The van der Waals surface area contributed by atoms with Crippen LogP contribution in [0.3, 0.4) is 0 Å². The van der Waals surface area contributed by atoms with Gasteiger partial charge in [-0.2, -0.15) is 10.2 Å². The van der Waals surface area contributed by atoms with Gasteiger partial charge in [0, 0.05) is 12.1 Å². The Hall–Kier alpha value is -15.8. The second-order valence-electron chi connectivity index (χ2n) is 22.6. The summed E-state index contributed by atoms with van der Waals surface area (Å²) >= 11 is 0. The molecule has 0 bridgehead atoms. The number of hydrogen-bond acceptors (Lipinski definition) is 26. The number of esters is 6. The first kappa shape index (κ1) is 77.3. The third-order valence-electron chi connectivity index (χ3n) is 14.8. The molecule has 0 unspecified atom stereocenters. The van der Waals surface area contributed by atoms with E-state index in [-0.39, 0.29) is 24.7 Å². The van der Waals surface area contributed by atoms with Crippen LogP contribution in [0.1, 0.15) is 171 Å². The predicted octanol–water partition coefficient (Wildman–Crippen LogP) is 11.9. The van der Waals surface area contributed by atoms with Gasteiger partial charge in [-0.15, -0.1) is 0 Å². The van der Waals surface area contributed by atoms with E-state index in [0.717, 1.165) is 127 Å². The molecule has 0 atom stereocenters. The molecule has 35 heteroatoms. The number of benzene rings is 9. The Kier molecular flexibility index (Phi) is 24.4. The number of carboxylic acid groups (broad SMARTS) is 8. The van der Waals surface area contributed by atoms with Gasteiger partial charge in [-0.05, 0) is 189 Å². The van der Waals surface area contributed by atoms with E-state index < -0.39 is 201 Å². The summed E-state index contributed by atoms with van der Waals surface area (Å²) in [5, 5.41) is 96.6. The van der Waals surface area contributed by atoms with Crippen molar-refractivity contribution in [2.45, 2.75) is 25.7 Å². The lowest BCUT2D eigenvalue weighted by Gasteiger charge is -2.14. The van der Waals surface area contributed by atoms with E-state index in [9.17, 15) is 118 Å². The Balaban J connectivity index is 1.03. The maximum Gasteiger partial charge on any atom is 0.343 e. The fourth-order valence-electron chi connectivity index (χ4n) is 9.62. The number of rotatable bonds is 32. The van der Waals surface area contributed by atoms with Crippen LogP contribution in [0.25, 0.3) is 0 Å². The van der Waals surface area contributed by atoms with Gasteiger partial charge in [0.15, 0.2) is 0 Å². The Labute approximate surface area is 608 Å². The summed E-state index contributed by atoms with van der Waals surface area (Å²) < 4.78 is 44.5. The van der Waals surface area contributed by atoms with E-state index >= 15 is 0 Å². The average Bonchev–Trinajstić information content (AvgIpc) is 0.823. The van der Waals surface area contributed by atoms with Gasteiger partial charge in [0.25, 0.3) is 5.69 Å². The van der Waals surface area contributed by atoms with Gasteiger partial charge in [0.05, 0.1) is 107 Å². The summed E-state index contributed by atoms with van der Waals surface area (Å²) in [6, 6.07) is 28.6. The first-order valence-electron chi connectivity index (χ1n) is 31.1. The van der Waals surface area contributed by atoms with E-state index in [1.54, 1.807) is 24.3 Å². The third-order valence-corrected chi connectivity index (χ3v) is 14.8. The Morgan fingerprint density at radius 2 is 0.450 bits per heavy atom. The summed E-state index contributed by atoms with van der Waals surface area (Å²) in [7, 11) is 0. The van der Waals surface area contributed by atoms with E-state index in [1.807, 2.05) is 0 Å². The van der Waals surface area contributed by atoms with E-state index in [0.29, 0.717) is 42.8 Å². The van der Waals surface area contributed by atoms with Crippen molar-refractivity contribution in [2.75, 3.05) is 13.2 Å². The molecule has 0 aliphatic carbocycles. The van der Waals surface area contributed by atoms with Gasteiger partial charge in [-0.3, -0.25) is 10.1 Å². The van der Waals surface area contributed by atoms with Crippen molar-refractivity contribution < 1.29 is 151 Å². The number of ether oxygens (including phenoxy) is 8. The quantitative estimate of drug-likeness (QED) is 0.00485. The van der Waals surface area contributed by atoms with E-state index in [4.69, 9.17) is 37.9 Å². The largest absolute Gasteiger partial charge is 0.494 e. The maximum atomic E-state index is 14.6. The molecule has 9 aromatic rings. The van der Waals surface area contributed by atoms with Gasteiger partial charge < -0.3 is 78.7 Å². The fourth-order valence-corrected chi connectivity index (χ4v) is 9.62. The highest BCUT2D eigenvalue weighted by Gasteiger charge is 2.27. The van der Waals surface area contributed by atoms with Crippen LogP contribution in [0.4, 0.5) is 17.1 Å².